The van der Waals surface area contributed by atoms with Gasteiger partial charge in [-0.2, -0.15) is 0 Å². The van der Waals surface area contributed by atoms with Crippen LogP contribution in [0.25, 0.3) is 0 Å². The van der Waals surface area contributed by atoms with Crippen LogP contribution in [0.3, 0.4) is 0 Å². The Bertz CT molecular complexity index is 1530. The van der Waals surface area contributed by atoms with Gasteiger partial charge in [0.2, 0.25) is 0 Å². The molecule has 3 rings (SSSR count). The molecular weight excluding hydrogens is 718 g/mol. The van der Waals surface area contributed by atoms with Crippen molar-refractivity contribution in [1.29, 1.82) is 0 Å². The Morgan fingerprint density at radius 1 is 0.547 bits per heavy atom. The number of carbonyl (C=O) groups is 8. The third-order valence-electron chi connectivity index (χ3n) is 7.13. The van der Waals surface area contributed by atoms with Crippen LogP contribution in [0, 0.1) is 0 Å². The number of ether oxygens (including phenoxy) is 11. The molecule has 0 unspecified atom stereocenters. The average Bonchev–Trinajstić information content (AvgIpc) is 3.50. The fourth-order valence-corrected chi connectivity index (χ4v) is 5.41. The van der Waals surface area contributed by atoms with Crippen molar-refractivity contribution in [2.45, 2.75) is 123 Å². The van der Waals surface area contributed by atoms with Gasteiger partial charge >= 0.3 is 47.8 Å². The van der Waals surface area contributed by atoms with E-state index >= 15 is 0 Å². The van der Waals surface area contributed by atoms with Crippen LogP contribution in [-0.4, -0.2) is 131 Å². The van der Waals surface area contributed by atoms with E-state index in [1.165, 1.54) is 6.20 Å². The minimum atomic E-state index is -1.55. The standard InChI is InChI=1S/C31H41N3O19/c1-13(35)43-11-22-24(46-15(3)37)26(48-17(5)39)28(50-19(7)41)30(52-22)34-9-21(32-33-34)10-45-31-29(51-20(8)42)27(49-18(6)40)25(47-16(4)38)23(53-31)12-44-14(2)36/h9,22-31H,10-12H2,1-8H3/t22-,23-,24-,25-,26+,27+,28-,29+,30-,31+/m1/s1. The summed E-state index contributed by atoms with van der Waals surface area (Å²) in [6, 6.07) is 0. The third kappa shape index (κ3) is 12.5. The van der Waals surface area contributed by atoms with Crippen LogP contribution in [0.15, 0.2) is 6.20 Å². The molecule has 22 heteroatoms. The molecule has 53 heavy (non-hydrogen) atoms. The van der Waals surface area contributed by atoms with Crippen molar-refractivity contribution in [3.63, 3.8) is 0 Å². The van der Waals surface area contributed by atoms with E-state index in [-0.39, 0.29) is 5.69 Å². The van der Waals surface area contributed by atoms with Gasteiger partial charge in [0.15, 0.2) is 49.1 Å². The third-order valence-corrected chi connectivity index (χ3v) is 7.13. The molecule has 0 saturated carbocycles. The fraction of sp³-hybridized carbons (Fsp3) is 0.677. The van der Waals surface area contributed by atoms with E-state index < -0.39 is 129 Å². The van der Waals surface area contributed by atoms with E-state index in [1.807, 2.05) is 0 Å². The highest BCUT2D eigenvalue weighted by Crippen LogP contribution is 2.35. The molecule has 2 saturated heterocycles. The van der Waals surface area contributed by atoms with E-state index in [4.69, 9.17) is 52.1 Å². The number of aromatic nitrogens is 3. The summed E-state index contributed by atoms with van der Waals surface area (Å²) in [7, 11) is 0. The second kappa shape index (κ2) is 19.0. The predicted octanol–water partition coefficient (Wildman–Crippen LogP) is -0.867. The average molecular weight is 760 g/mol. The Labute approximate surface area is 301 Å². The zero-order valence-electron chi connectivity index (χ0n) is 30.1. The molecule has 1 aromatic heterocycles. The minimum Gasteiger partial charge on any atom is -0.463 e. The zero-order chi connectivity index (χ0) is 39.6. The van der Waals surface area contributed by atoms with Crippen LogP contribution in [-0.2, 0) is 97.1 Å². The summed E-state index contributed by atoms with van der Waals surface area (Å²) >= 11 is 0. The van der Waals surface area contributed by atoms with Crippen molar-refractivity contribution >= 4 is 47.8 Å². The van der Waals surface area contributed by atoms with Crippen molar-refractivity contribution in [3.8, 4) is 0 Å². The molecule has 0 amide bonds. The van der Waals surface area contributed by atoms with E-state index in [9.17, 15) is 38.4 Å². The van der Waals surface area contributed by atoms with Gasteiger partial charge in [-0.3, -0.25) is 38.4 Å². The molecule has 2 fully saturated rings. The summed E-state index contributed by atoms with van der Waals surface area (Å²) in [6.45, 7) is 7.24. The molecule has 10 atom stereocenters. The highest BCUT2D eigenvalue weighted by atomic mass is 16.7. The normalized spacial score (nSPS) is 28.0. The van der Waals surface area contributed by atoms with Crippen LogP contribution in [0.5, 0.6) is 0 Å². The Balaban J connectivity index is 1.97. The lowest BCUT2D eigenvalue weighted by molar-refractivity contribution is -0.310. The van der Waals surface area contributed by atoms with Gasteiger partial charge in [0.05, 0.1) is 12.8 Å². The molecule has 0 spiro atoms. The van der Waals surface area contributed by atoms with E-state index in [2.05, 4.69) is 10.3 Å². The lowest BCUT2D eigenvalue weighted by atomic mass is 9.97. The number of esters is 8. The molecule has 0 radical (unpaired) electrons. The fourth-order valence-electron chi connectivity index (χ4n) is 5.41. The van der Waals surface area contributed by atoms with Crippen LogP contribution in [0.1, 0.15) is 67.3 Å². The molecular formula is C31H41N3O19. The van der Waals surface area contributed by atoms with Crippen LogP contribution < -0.4 is 0 Å². The molecule has 0 aromatic carbocycles. The van der Waals surface area contributed by atoms with E-state index in [0.29, 0.717) is 0 Å². The second-order valence-electron chi connectivity index (χ2n) is 11.7. The minimum absolute atomic E-state index is 0.0470. The number of nitrogens with zero attached hydrogens (tertiary/aromatic N) is 3. The maximum absolute atomic E-state index is 12.2. The summed E-state index contributed by atoms with van der Waals surface area (Å²) in [6.07, 6.45) is -13.1. The van der Waals surface area contributed by atoms with Gasteiger partial charge in [-0.15, -0.1) is 5.10 Å². The summed E-state index contributed by atoms with van der Waals surface area (Å²) in [5.41, 5.74) is 0.0470. The van der Waals surface area contributed by atoms with Gasteiger partial charge in [-0.1, -0.05) is 5.21 Å². The summed E-state index contributed by atoms with van der Waals surface area (Å²) in [5.74, 6) is -6.42. The van der Waals surface area contributed by atoms with Crippen LogP contribution in [0.2, 0.25) is 0 Å². The lowest BCUT2D eigenvalue weighted by Crippen LogP contribution is -2.62. The van der Waals surface area contributed by atoms with Crippen LogP contribution in [0.4, 0.5) is 0 Å². The Morgan fingerprint density at radius 3 is 1.40 bits per heavy atom. The monoisotopic (exact) mass is 759 g/mol. The second-order valence-corrected chi connectivity index (χ2v) is 11.7. The van der Waals surface area contributed by atoms with Gasteiger partial charge in [0.25, 0.3) is 0 Å². The first-order valence-electron chi connectivity index (χ1n) is 16.0. The van der Waals surface area contributed by atoms with Gasteiger partial charge in [-0.05, 0) is 0 Å². The lowest BCUT2D eigenvalue weighted by Gasteiger charge is -2.44. The molecule has 3 heterocycles. The molecule has 1 aromatic rings. The van der Waals surface area contributed by atoms with Crippen molar-refractivity contribution in [1.82, 2.24) is 15.0 Å². The van der Waals surface area contributed by atoms with Gasteiger partial charge < -0.3 is 52.1 Å². The first-order chi connectivity index (χ1) is 24.9. The van der Waals surface area contributed by atoms with Gasteiger partial charge in [0, 0.05) is 55.4 Å². The topological polar surface area (TPSA) is 269 Å². The first-order valence-corrected chi connectivity index (χ1v) is 16.0. The maximum Gasteiger partial charge on any atom is 0.303 e. The number of rotatable bonds is 14. The Kier molecular flexibility index (Phi) is 15.1. The quantitative estimate of drug-likeness (QED) is 0.165. The molecule has 294 valence electrons. The molecule has 2 aliphatic rings. The Hall–Kier alpha value is -5.22. The zero-order valence-corrected chi connectivity index (χ0v) is 30.1. The molecule has 0 N–H and O–H groups in total. The molecule has 22 nitrogen and oxygen atoms in total. The van der Waals surface area contributed by atoms with E-state index in [0.717, 1.165) is 60.1 Å². The molecule has 0 bridgehead atoms. The Morgan fingerprint density at radius 2 is 0.943 bits per heavy atom. The predicted molar refractivity (Wildman–Crippen MR) is 164 cm³/mol. The number of hydrogen-bond donors (Lipinski definition) is 0. The van der Waals surface area contributed by atoms with Gasteiger partial charge in [-0.25, -0.2) is 4.68 Å². The maximum atomic E-state index is 12.2. The SMILES string of the molecule is CC(=O)OC[C@H]1O[C@H](OCc2cn([C@@H]3O[C@H](COC(C)=O)[C@@H](OC(C)=O)[C@H](OC(C)=O)[C@H]3OC(C)=O)nn2)[C@@H](OC(C)=O)[C@@H](OC(C)=O)[C@@H]1OC(C)=O. The van der Waals surface area contributed by atoms with Crippen molar-refractivity contribution in [2.24, 2.45) is 0 Å². The molecule has 0 aliphatic carbocycles. The largest absolute Gasteiger partial charge is 0.463 e. The first kappa shape index (κ1) is 42.2. The summed E-state index contributed by atoms with van der Waals surface area (Å²) in [4.78, 5) is 96.0. The highest BCUT2D eigenvalue weighted by molar-refractivity contribution is 5.70. The molecule has 2 aliphatic heterocycles. The van der Waals surface area contributed by atoms with Crippen molar-refractivity contribution < 1.29 is 90.5 Å². The summed E-state index contributed by atoms with van der Waals surface area (Å²) in [5, 5.41) is 8.05. The van der Waals surface area contributed by atoms with Crippen molar-refractivity contribution in [3.05, 3.63) is 11.9 Å². The van der Waals surface area contributed by atoms with E-state index in [1.54, 1.807) is 0 Å². The van der Waals surface area contributed by atoms with Crippen molar-refractivity contribution in [2.75, 3.05) is 13.2 Å². The number of hydrogen-bond acceptors (Lipinski definition) is 21. The smallest absolute Gasteiger partial charge is 0.303 e. The van der Waals surface area contributed by atoms with Gasteiger partial charge in [0.1, 0.15) is 31.1 Å². The summed E-state index contributed by atoms with van der Waals surface area (Å²) < 4.78 is 61.5. The number of carbonyl (C=O) groups excluding carboxylic acids is 8. The van der Waals surface area contributed by atoms with Crippen LogP contribution >= 0.6 is 0 Å². The highest BCUT2D eigenvalue weighted by Gasteiger charge is 2.54.